The molecule has 0 amide bonds. The lowest BCUT2D eigenvalue weighted by molar-refractivity contribution is -0.141. The van der Waals surface area contributed by atoms with Crippen LogP contribution in [0.25, 0.3) is 0 Å². The van der Waals surface area contributed by atoms with Crippen LogP contribution in [-0.2, 0) is 22.7 Å². The summed E-state index contributed by atoms with van der Waals surface area (Å²) in [5.41, 5.74) is -0.408. The second-order valence-corrected chi connectivity index (χ2v) is 8.99. The zero-order valence-corrected chi connectivity index (χ0v) is 14.4. The Hall–Kier alpha value is -1.39. The minimum atomic E-state index is -4.50. The van der Waals surface area contributed by atoms with Crippen molar-refractivity contribution in [3.05, 3.63) is 34.5 Å². The Morgan fingerprint density at radius 2 is 2.08 bits per heavy atom. The third kappa shape index (κ3) is 3.81. The van der Waals surface area contributed by atoms with Crippen molar-refractivity contribution in [1.82, 2.24) is 14.5 Å². The number of aromatic nitrogens is 2. The highest BCUT2D eigenvalue weighted by Crippen LogP contribution is 2.42. The lowest BCUT2D eigenvalue weighted by Crippen LogP contribution is -2.27. The minimum Gasteiger partial charge on any atom is -0.267 e. The van der Waals surface area contributed by atoms with Gasteiger partial charge >= 0.3 is 6.18 Å². The van der Waals surface area contributed by atoms with Gasteiger partial charge in [0.25, 0.3) is 0 Å². The molecule has 0 bridgehead atoms. The molecule has 1 aliphatic rings. The number of aryl methyl sites for hydroxylation is 1. The summed E-state index contributed by atoms with van der Waals surface area (Å²) in [6.07, 6.45) is -2.82. The van der Waals surface area contributed by atoms with E-state index in [1.54, 1.807) is 13.0 Å². The van der Waals surface area contributed by atoms with Crippen LogP contribution in [0.2, 0.25) is 0 Å². The molecule has 0 spiro atoms. The van der Waals surface area contributed by atoms with Crippen LogP contribution in [0, 0.1) is 6.92 Å². The van der Waals surface area contributed by atoms with Gasteiger partial charge in [-0.25, -0.2) is 13.1 Å². The van der Waals surface area contributed by atoms with Crippen LogP contribution in [0.3, 0.4) is 0 Å². The Morgan fingerprint density at radius 1 is 1.38 bits per heavy atom. The first kappa shape index (κ1) is 17.4. The lowest BCUT2D eigenvalue weighted by atomic mass is 10.2. The maximum Gasteiger partial charge on any atom is 0.435 e. The van der Waals surface area contributed by atoms with Gasteiger partial charge < -0.3 is 0 Å². The average Bonchev–Trinajstić information content (AvgIpc) is 3.05. The smallest absolute Gasteiger partial charge is 0.267 e. The van der Waals surface area contributed by atoms with E-state index in [2.05, 4.69) is 9.82 Å². The summed E-state index contributed by atoms with van der Waals surface area (Å²) < 4.78 is 66.6. The number of rotatable bonds is 6. The van der Waals surface area contributed by atoms with Gasteiger partial charge in [-0.15, -0.1) is 11.3 Å². The molecular formula is C14H16F3N3O2S2. The fourth-order valence-corrected chi connectivity index (χ4v) is 4.72. The maximum absolute atomic E-state index is 12.8. The van der Waals surface area contributed by atoms with E-state index in [1.807, 2.05) is 0 Å². The highest BCUT2D eigenvalue weighted by molar-refractivity contribution is 7.91. The third-order valence-corrected chi connectivity index (χ3v) is 6.65. The van der Waals surface area contributed by atoms with Gasteiger partial charge in [0.2, 0.25) is 10.0 Å². The first-order chi connectivity index (χ1) is 11.2. The highest BCUT2D eigenvalue weighted by Gasteiger charge is 2.37. The van der Waals surface area contributed by atoms with Crippen LogP contribution in [0.1, 0.15) is 35.0 Å². The summed E-state index contributed by atoms with van der Waals surface area (Å²) in [5, 5.41) is 3.60. The van der Waals surface area contributed by atoms with E-state index >= 15 is 0 Å². The van der Waals surface area contributed by atoms with Gasteiger partial charge in [0.15, 0.2) is 5.69 Å². The van der Waals surface area contributed by atoms with Gasteiger partial charge in [-0.2, -0.15) is 18.3 Å². The zero-order chi connectivity index (χ0) is 17.5. The van der Waals surface area contributed by atoms with Gasteiger partial charge in [0, 0.05) is 23.0 Å². The van der Waals surface area contributed by atoms with Crippen molar-refractivity contribution in [2.24, 2.45) is 0 Å². The number of hydrogen-bond donors (Lipinski definition) is 1. The molecule has 0 radical (unpaired) electrons. The van der Waals surface area contributed by atoms with Gasteiger partial charge in [0.1, 0.15) is 4.21 Å². The molecule has 2 aromatic heterocycles. The van der Waals surface area contributed by atoms with E-state index < -0.39 is 21.9 Å². The van der Waals surface area contributed by atoms with Gasteiger partial charge in [-0.05, 0) is 38.0 Å². The highest BCUT2D eigenvalue weighted by atomic mass is 32.2. The SMILES string of the molecule is Cc1ccc(S(=O)(=O)NCCn2nc(C(F)(F)F)cc2C2CC2)s1. The Morgan fingerprint density at radius 3 is 2.62 bits per heavy atom. The zero-order valence-electron chi connectivity index (χ0n) is 12.8. The molecule has 3 rings (SSSR count). The average molecular weight is 379 g/mol. The minimum absolute atomic E-state index is 0.0159. The molecule has 1 saturated carbocycles. The molecule has 2 aromatic rings. The summed E-state index contributed by atoms with van der Waals surface area (Å²) in [6.45, 7) is 1.84. The lowest BCUT2D eigenvalue weighted by Gasteiger charge is -2.08. The van der Waals surface area contributed by atoms with Gasteiger partial charge in [0.05, 0.1) is 6.54 Å². The number of nitrogens with zero attached hydrogens (tertiary/aromatic N) is 2. The maximum atomic E-state index is 12.8. The predicted molar refractivity (Wildman–Crippen MR) is 83.4 cm³/mol. The first-order valence-electron chi connectivity index (χ1n) is 7.38. The topological polar surface area (TPSA) is 64.0 Å². The summed E-state index contributed by atoms with van der Waals surface area (Å²) in [7, 11) is -3.64. The van der Waals surface area contributed by atoms with Crippen molar-refractivity contribution >= 4 is 21.4 Å². The number of hydrogen-bond acceptors (Lipinski definition) is 4. The first-order valence-corrected chi connectivity index (χ1v) is 9.68. The Labute approximate surface area is 141 Å². The van der Waals surface area contributed by atoms with E-state index in [0.29, 0.717) is 5.69 Å². The summed E-state index contributed by atoms with van der Waals surface area (Å²) in [5.74, 6) is 0.0881. The van der Waals surface area contributed by atoms with Crippen molar-refractivity contribution in [3.8, 4) is 0 Å². The summed E-state index contributed by atoms with van der Waals surface area (Å²) >= 11 is 1.14. The van der Waals surface area contributed by atoms with Crippen LogP contribution in [-0.4, -0.2) is 24.7 Å². The number of alkyl halides is 3. The molecule has 1 N–H and O–H groups in total. The fraction of sp³-hybridized carbons (Fsp3) is 0.500. The summed E-state index contributed by atoms with van der Waals surface area (Å²) in [4.78, 5) is 0.869. The third-order valence-electron chi connectivity index (χ3n) is 3.69. The molecule has 10 heteroatoms. The van der Waals surface area contributed by atoms with E-state index in [9.17, 15) is 21.6 Å². The van der Waals surface area contributed by atoms with Crippen molar-refractivity contribution in [2.75, 3.05) is 6.54 Å². The molecule has 1 aliphatic carbocycles. The Kier molecular flexibility index (Phi) is 4.47. The van der Waals surface area contributed by atoms with E-state index in [1.165, 1.54) is 10.7 Å². The predicted octanol–water partition coefficient (Wildman–Crippen LogP) is 3.13. The van der Waals surface area contributed by atoms with Crippen molar-refractivity contribution in [2.45, 2.75) is 42.6 Å². The fourth-order valence-electron chi connectivity index (χ4n) is 2.37. The number of thiophene rings is 1. The Bertz CT molecular complexity index is 836. The van der Waals surface area contributed by atoms with Crippen LogP contribution in [0.5, 0.6) is 0 Å². The van der Waals surface area contributed by atoms with Gasteiger partial charge in [-0.1, -0.05) is 0 Å². The Balaban J connectivity index is 1.69. The number of halogens is 3. The molecule has 1 fully saturated rings. The largest absolute Gasteiger partial charge is 0.435 e. The van der Waals surface area contributed by atoms with Crippen LogP contribution >= 0.6 is 11.3 Å². The quantitative estimate of drug-likeness (QED) is 0.839. The second-order valence-electron chi connectivity index (χ2n) is 5.71. The number of sulfonamides is 1. The molecule has 0 aromatic carbocycles. The number of nitrogens with one attached hydrogen (secondary N) is 1. The van der Waals surface area contributed by atoms with Gasteiger partial charge in [-0.3, -0.25) is 4.68 Å². The van der Waals surface area contributed by atoms with E-state index in [4.69, 9.17) is 0 Å². The van der Waals surface area contributed by atoms with Crippen LogP contribution in [0.4, 0.5) is 13.2 Å². The molecule has 0 aliphatic heterocycles. The van der Waals surface area contributed by atoms with Crippen molar-refractivity contribution in [1.29, 1.82) is 0 Å². The summed E-state index contributed by atoms with van der Waals surface area (Å²) in [6, 6.07) is 4.27. The van der Waals surface area contributed by atoms with Crippen LogP contribution < -0.4 is 4.72 Å². The van der Waals surface area contributed by atoms with E-state index in [-0.39, 0.29) is 23.2 Å². The van der Waals surface area contributed by atoms with E-state index in [0.717, 1.165) is 35.1 Å². The molecular weight excluding hydrogens is 363 g/mol. The molecule has 0 atom stereocenters. The molecule has 0 unspecified atom stereocenters. The van der Waals surface area contributed by atoms with Crippen molar-refractivity contribution in [3.63, 3.8) is 0 Å². The molecule has 24 heavy (non-hydrogen) atoms. The second kappa shape index (κ2) is 6.16. The van der Waals surface area contributed by atoms with Crippen molar-refractivity contribution < 1.29 is 21.6 Å². The molecule has 0 saturated heterocycles. The standard InChI is InChI=1S/C14H16F3N3O2S2/c1-9-2-5-13(23-9)24(21,22)18-6-7-20-11(10-3-4-10)8-12(19-20)14(15,16)17/h2,5,8,10,18H,3-4,6-7H2,1H3. The molecule has 5 nitrogen and oxygen atoms in total. The monoisotopic (exact) mass is 379 g/mol. The van der Waals surface area contributed by atoms with Crippen LogP contribution in [0.15, 0.2) is 22.4 Å². The normalized spacial score (nSPS) is 15.8. The molecule has 2 heterocycles. The molecule has 132 valence electrons.